The molecule has 0 radical (unpaired) electrons. The first-order valence-corrected chi connectivity index (χ1v) is 9.07. The minimum Gasteiger partial charge on any atom is -0.465 e. The Bertz CT molecular complexity index is 604. The zero-order valence-electron chi connectivity index (χ0n) is 15.1. The quantitative estimate of drug-likeness (QED) is 0.489. The number of cyclic esters (lactones) is 1. The van der Waals surface area contributed by atoms with E-state index in [-0.39, 0.29) is 18.5 Å². The lowest BCUT2D eigenvalue weighted by Gasteiger charge is -2.17. The minimum atomic E-state index is -0.319. The van der Waals surface area contributed by atoms with Crippen molar-refractivity contribution in [2.24, 2.45) is 0 Å². The highest BCUT2D eigenvalue weighted by Crippen LogP contribution is 2.32. The second-order valence-electron chi connectivity index (χ2n) is 6.40. The van der Waals surface area contributed by atoms with Crippen molar-refractivity contribution in [3.8, 4) is 0 Å². The number of rotatable bonds is 9. The molecule has 0 spiro atoms. The first kappa shape index (κ1) is 18.5. The van der Waals surface area contributed by atoms with Crippen LogP contribution in [0.25, 0.3) is 0 Å². The van der Waals surface area contributed by atoms with Crippen LogP contribution >= 0.6 is 0 Å². The van der Waals surface area contributed by atoms with Crippen molar-refractivity contribution in [1.82, 2.24) is 0 Å². The summed E-state index contributed by atoms with van der Waals surface area (Å²) in [5.74, 6) is -0.565. The molecule has 1 aromatic rings. The number of carbonyl (C=O) groups excluding carboxylic acids is 2. The number of hydrogen-bond donors (Lipinski definition) is 0. The van der Waals surface area contributed by atoms with Gasteiger partial charge in [-0.05, 0) is 42.9 Å². The van der Waals surface area contributed by atoms with E-state index in [1.807, 2.05) is 0 Å². The van der Waals surface area contributed by atoms with Crippen molar-refractivity contribution >= 4 is 11.9 Å². The van der Waals surface area contributed by atoms with Gasteiger partial charge in [0.25, 0.3) is 0 Å². The number of hydrogen-bond acceptors (Lipinski definition) is 4. The van der Waals surface area contributed by atoms with Crippen molar-refractivity contribution in [3.05, 3.63) is 33.9 Å². The van der Waals surface area contributed by atoms with Crippen LogP contribution in [0.3, 0.4) is 0 Å². The Labute approximate surface area is 144 Å². The van der Waals surface area contributed by atoms with Gasteiger partial charge >= 0.3 is 11.9 Å². The van der Waals surface area contributed by atoms with Gasteiger partial charge in [-0.1, -0.05) is 39.5 Å². The van der Waals surface area contributed by atoms with Crippen LogP contribution in [0.15, 0.2) is 6.07 Å². The first-order valence-electron chi connectivity index (χ1n) is 9.07. The highest BCUT2D eigenvalue weighted by molar-refractivity contribution is 5.99. The van der Waals surface area contributed by atoms with Crippen LogP contribution in [0.1, 0.15) is 89.8 Å². The first-order chi connectivity index (χ1) is 11.6. The summed E-state index contributed by atoms with van der Waals surface area (Å²) < 4.78 is 10.2. The minimum absolute atomic E-state index is 0.246. The Kier molecular flexibility index (Phi) is 6.83. The fourth-order valence-electron chi connectivity index (χ4n) is 3.38. The number of ether oxygens (including phenoxy) is 2. The molecule has 1 aliphatic rings. The van der Waals surface area contributed by atoms with E-state index >= 15 is 0 Å². The molecule has 0 aromatic heterocycles. The number of fused-ring (bicyclic) bond motifs is 1. The number of esters is 2. The number of methoxy groups -OCH3 is 1. The van der Waals surface area contributed by atoms with E-state index in [1.54, 1.807) is 6.07 Å². The Morgan fingerprint density at radius 3 is 2.29 bits per heavy atom. The maximum atomic E-state index is 12.3. The van der Waals surface area contributed by atoms with Crippen molar-refractivity contribution in [2.75, 3.05) is 7.11 Å². The fraction of sp³-hybridized carbons (Fsp3) is 0.600. The zero-order chi connectivity index (χ0) is 17.5. The topological polar surface area (TPSA) is 52.6 Å². The lowest BCUT2D eigenvalue weighted by atomic mass is 9.87. The largest absolute Gasteiger partial charge is 0.465 e. The smallest absolute Gasteiger partial charge is 0.339 e. The maximum absolute atomic E-state index is 12.3. The van der Waals surface area contributed by atoms with Gasteiger partial charge in [-0.25, -0.2) is 9.59 Å². The molecule has 0 atom stereocenters. The Hall–Kier alpha value is -1.84. The van der Waals surface area contributed by atoms with E-state index < -0.39 is 0 Å². The van der Waals surface area contributed by atoms with Crippen LogP contribution in [0, 0.1) is 0 Å². The SMILES string of the molecule is CCCCCc1c(C(=O)OC)cc2c(c1CCCCC)C(=O)OC2. The molecule has 4 heteroatoms. The summed E-state index contributed by atoms with van der Waals surface area (Å²) in [6, 6.07) is 1.80. The highest BCUT2D eigenvalue weighted by Gasteiger charge is 2.30. The normalized spacial score (nSPS) is 12.9. The number of benzene rings is 1. The van der Waals surface area contributed by atoms with Gasteiger partial charge in [0, 0.05) is 5.56 Å². The lowest BCUT2D eigenvalue weighted by molar-refractivity contribution is 0.0533. The number of unbranched alkanes of at least 4 members (excludes halogenated alkanes) is 4. The number of carbonyl (C=O) groups is 2. The summed E-state index contributed by atoms with van der Waals surface area (Å²) in [4.78, 5) is 24.5. The van der Waals surface area contributed by atoms with E-state index in [1.165, 1.54) is 7.11 Å². The van der Waals surface area contributed by atoms with Crippen molar-refractivity contribution in [2.45, 2.75) is 71.8 Å². The monoisotopic (exact) mass is 332 g/mol. The molecule has 2 rings (SSSR count). The molecule has 132 valence electrons. The van der Waals surface area contributed by atoms with Crippen LogP contribution in [0.2, 0.25) is 0 Å². The molecule has 24 heavy (non-hydrogen) atoms. The Morgan fingerprint density at radius 1 is 1.08 bits per heavy atom. The van der Waals surface area contributed by atoms with Gasteiger partial charge in [0.1, 0.15) is 6.61 Å². The van der Waals surface area contributed by atoms with Crippen LogP contribution in [0.4, 0.5) is 0 Å². The molecular weight excluding hydrogens is 304 g/mol. The molecule has 1 heterocycles. The zero-order valence-corrected chi connectivity index (χ0v) is 15.1. The van der Waals surface area contributed by atoms with E-state index in [2.05, 4.69) is 13.8 Å². The van der Waals surface area contributed by atoms with Crippen molar-refractivity contribution in [3.63, 3.8) is 0 Å². The van der Waals surface area contributed by atoms with Crippen molar-refractivity contribution in [1.29, 1.82) is 0 Å². The molecule has 0 bridgehead atoms. The Morgan fingerprint density at radius 2 is 1.71 bits per heavy atom. The van der Waals surface area contributed by atoms with Gasteiger partial charge in [0.05, 0.1) is 18.2 Å². The van der Waals surface area contributed by atoms with Gasteiger partial charge in [0.2, 0.25) is 0 Å². The second kappa shape index (κ2) is 8.86. The van der Waals surface area contributed by atoms with Gasteiger partial charge in [0.15, 0.2) is 0 Å². The molecule has 0 N–H and O–H groups in total. The third-order valence-corrected chi connectivity index (χ3v) is 4.66. The van der Waals surface area contributed by atoms with Gasteiger partial charge in [-0.15, -0.1) is 0 Å². The molecule has 0 unspecified atom stereocenters. The molecule has 0 fully saturated rings. The summed E-state index contributed by atoms with van der Waals surface area (Å²) in [6.07, 6.45) is 8.10. The fourth-order valence-corrected chi connectivity index (χ4v) is 3.38. The second-order valence-corrected chi connectivity index (χ2v) is 6.40. The van der Waals surface area contributed by atoms with Crippen molar-refractivity contribution < 1.29 is 19.1 Å². The summed E-state index contributed by atoms with van der Waals surface area (Å²) in [5, 5.41) is 0. The molecular formula is C20H28O4. The van der Waals surface area contributed by atoms with E-state index in [9.17, 15) is 9.59 Å². The Balaban J connectivity index is 2.49. The summed E-state index contributed by atoms with van der Waals surface area (Å²) in [5.41, 5.74) is 4.14. The standard InChI is InChI=1S/C20H28O4/c1-4-6-8-10-15-16(11-9-7-5-2)18-14(13-24-20(18)22)12-17(15)19(21)23-3/h12H,4-11,13H2,1-3H3. The summed E-state index contributed by atoms with van der Waals surface area (Å²) >= 11 is 0. The van der Waals surface area contributed by atoms with Crippen LogP contribution in [0.5, 0.6) is 0 Å². The van der Waals surface area contributed by atoms with Crippen LogP contribution in [-0.4, -0.2) is 19.0 Å². The molecule has 0 amide bonds. The third kappa shape index (κ3) is 3.97. The molecule has 1 aliphatic heterocycles. The lowest BCUT2D eigenvalue weighted by Crippen LogP contribution is -2.13. The summed E-state index contributed by atoms with van der Waals surface area (Å²) in [6.45, 7) is 4.57. The molecule has 1 aromatic carbocycles. The van der Waals surface area contributed by atoms with Gasteiger partial charge in [-0.3, -0.25) is 0 Å². The van der Waals surface area contributed by atoms with Gasteiger partial charge in [-0.2, -0.15) is 0 Å². The average molecular weight is 332 g/mol. The highest BCUT2D eigenvalue weighted by atomic mass is 16.5. The molecule has 0 saturated heterocycles. The van der Waals surface area contributed by atoms with E-state index in [0.29, 0.717) is 11.1 Å². The van der Waals surface area contributed by atoms with Gasteiger partial charge < -0.3 is 9.47 Å². The van der Waals surface area contributed by atoms with E-state index in [4.69, 9.17) is 9.47 Å². The summed E-state index contributed by atoms with van der Waals surface area (Å²) in [7, 11) is 1.41. The average Bonchev–Trinajstić information content (AvgIpc) is 2.96. The predicted octanol–water partition coefficient (Wildman–Crippen LogP) is 4.61. The predicted molar refractivity (Wildman–Crippen MR) is 93.4 cm³/mol. The molecule has 0 aliphatic carbocycles. The molecule has 4 nitrogen and oxygen atoms in total. The van der Waals surface area contributed by atoms with Crippen LogP contribution < -0.4 is 0 Å². The van der Waals surface area contributed by atoms with Crippen LogP contribution in [-0.2, 0) is 28.9 Å². The maximum Gasteiger partial charge on any atom is 0.339 e. The molecule has 0 saturated carbocycles. The third-order valence-electron chi connectivity index (χ3n) is 4.66. The van der Waals surface area contributed by atoms with E-state index in [0.717, 1.165) is 68.1 Å².